The Labute approximate surface area is 113 Å². The third-order valence-corrected chi connectivity index (χ3v) is 4.17. The van der Waals surface area contributed by atoms with Gasteiger partial charge in [0.25, 0.3) is 0 Å². The molecule has 1 aromatic carbocycles. The van der Waals surface area contributed by atoms with Crippen molar-refractivity contribution in [2.24, 2.45) is 11.8 Å². The van der Waals surface area contributed by atoms with Crippen molar-refractivity contribution in [3.8, 4) is 0 Å². The van der Waals surface area contributed by atoms with E-state index in [-0.39, 0.29) is 24.8 Å². The molecule has 106 valence electrons. The van der Waals surface area contributed by atoms with Gasteiger partial charge in [-0.2, -0.15) is 0 Å². The van der Waals surface area contributed by atoms with Crippen molar-refractivity contribution in [2.75, 3.05) is 0 Å². The standard InChI is InChI=1S/C15H22F2N2/c1-10-3-4-11(2)13(7-10)8-14(19-18)12-5-6-15(16,17)9-12/h3-4,7,12,14,19H,5-6,8-9,18H2,1-2H3. The molecule has 1 aromatic rings. The Morgan fingerprint density at radius 2 is 2.16 bits per heavy atom. The molecule has 0 aromatic heterocycles. The van der Waals surface area contributed by atoms with Gasteiger partial charge in [-0.1, -0.05) is 23.8 Å². The molecule has 1 aliphatic carbocycles. The minimum atomic E-state index is -2.51. The van der Waals surface area contributed by atoms with Gasteiger partial charge < -0.3 is 0 Å². The Morgan fingerprint density at radius 1 is 1.42 bits per heavy atom. The van der Waals surface area contributed by atoms with E-state index in [1.165, 1.54) is 16.7 Å². The molecule has 3 N–H and O–H groups in total. The molecule has 1 aliphatic rings. The molecule has 2 nitrogen and oxygen atoms in total. The molecule has 0 amide bonds. The van der Waals surface area contributed by atoms with Crippen LogP contribution in [0.25, 0.3) is 0 Å². The highest BCUT2D eigenvalue weighted by Crippen LogP contribution is 2.40. The van der Waals surface area contributed by atoms with Crippen LogP contribution in [0.2, 0.25) is 0 Å². The van der Waals surface area contributed by atoms with E-state index >= 15 is 0 Å². The molecule has 2 unspecified atom stereocenters. The average molecular weight is 268 g/mol. The Balaban J connectivity index is 2.09. The van der Waals surface area contributed by atoms with E-state index in [1.807, 2.05) is 13.8 Å². The zero-order chi connectivity index (χ0) is 14.0. The predicted octanol–water partition coefficient (Wildman–Crippen LogP) is 3.11. The highest BCUT2D eigenvalue weighted by molar-refractivity contribution is 5.31. The maximum absolute atomic E-state index is 13.3. The van der Waals surface area contributed by atoms with Gasteiger partial charge in [0.2, 0.25) is 5.92 Å². The molecule has 0 saturated heterocycles. The second kappa shape index (κ2) is 5.55. The quantitative estimate of drug-likeness (QED) is 0.650. The summed E-state index contributed by atoms with van der Waals surface area (Å²) < 4.78 is 26.6. The van der Waals surface area contributed by atoms with Crippen LogP contribution in [0.3, 0.4) is 0 Å². The summed E-state index contributed by atoms with van der Waals surface area (Å²) in [7, 11) is 0. The molecule has 1 saturated carbocycles. The maximum atomic E-state index is 13.3. The number of nitrogens with two attached hydrogens (primary N) is 1. The lowest BCUT2D eigenvalue weighted by Gasteiger charge is -2.23. The molecular weight excluding hydrogens is 246 g/mol. The summed E-state index contributed by atoms with van der Waals surface area (Å²) in [5.74, 6) is 3.03. The van der Waals surface area contributed by atoms with Crippen LogP contribution in [-0.2, 0) is 6.42 Å². The smallest absolute Gasteiger partial charge is 0.248 e. The van der Waals surface area contributed by atoms with Crippen LogP contribution in [0.4, 0.5) is 8.78 Å². The second-order valence-corrected chi connectivity index (χ2v) is 5.77. The Bertz CT molecular complexity index is 446. The van der Waals surface area contributed by atoms with E-state index in [4.69, 9.17) is 5.84 Å². The van der Waals surface area contributed by atoms with E-state index in [0.29, 0.717) is 12.8 Å². The van der Waals surface area contributed by atoms with Crippen molar-refractivity contribution in [3.05, 3.63) is 34.9 Å². The molecule has 0 bridgehead atoms. The Kier molecular flexibility index (Phi) is 4.21. The molecule has 1 fully saturated rings. The second-order valence-electron chi connectivity index (χ2n) is 5.77. The molecule has 0 radical (unpaired) electrons. The minimum absolute atomic E-state index is 0.0113. The number of nitrogens with one attached hydrogen (secondary N) is 1. The fraction of sp³-hybridized carbons (Fsp3) is 0.600. The number of alkyl halides is 2. The first-order valence-corrected chi connectivity index (χ1v) is 6.81. The van der Waals surface area contributed by atoms with Gasteiger partial charge >= 0.3 is 0 Å². The number of halogens is 2. The van der Waals surface area contributed by atoms with Gasteiger partial charge in [-0.15, -0.1) is 0 Å². The Morgan fingerprint density at radius 3 is 2.74 bits per heavy atom. The summed E-state index contributed by atoms with van der Waals surface area (Å²) >= 11 is 0. The van der Waals surface area contributed by atoms with Crippen molar-refractivity contribution < 1.29 is 8.78 Å². The largest absolute Gasteiger partial charge is 0.271 e. The monoisotopic (exact) mass is 268 g/mol. The molecule has 2 rings (SSSR count). The first kappa shape index (κ1) is 14.4. The number of aryl methyl sites for hydroxylation is 2. The van der Waals surface area contributed by atoms with Crippen molar-refractivity contribution in [3.63, 3.8) is 0 Å². The number of hydrogen-bond acceptors (Lipinski definition) is 2. The number of hydrazine groups is 1. The fourth-order valence-corrected chi connectivity index (χ4v) is 2.95. The van der Waals surface area contributed by atoms with Crippen LogP contribution < -0.4 is 11.3 Å². The van der Waals surface area contributed by atoms with Gasteiger partial charge in [0.1, 0.15) is 0 Å². The van der Waals surface area contributed by atoms with Crippen LogP contribution in [0.5, 0.6) is 0 Å². The van der Waals surface area contributed by atoms with Crippen LogP contribution >= 0.6 is 0 Å². The number of rotatable bonds is 4. The predicted molar refractivity (Wildman–Crippen MR) is 73.0 cm³/mol. The zero-order valence-electron chi connectivity index (χ0n) is 11.5. The number of hydrogen-bond donors (Lipinski definition) is 2. The van der Waals surface area contributed by atoms with Gasteiger partial charge in [0, 0.05) is 18.9 Å². The van der Waals surface area contributed by atoms with Crippen LogP contribution in [0, 0.1) is 19.8 Å². The summed E-state index contributed by atoms with van der Waals surface area (Å²) in [5.41, 5.74) is 6.31. The van der Waals surface area contributed by atoms with Crippen LogP contribution in [0.15, 0.2) is 18.2 Å². The Hall–Kier alpha value is -1.00. The molecule has 0 spiro atoms. The molecular formula is C15H22F2N2. The van der Waals surface area contributed by atoms with Gasteiger partial charge in [0.15, 0.2) is 0 Å². The maximum Gasteiger partial charge on any atom is 0.248 e. The highest BCUT2D eigenvalue weighted by Gasteiger charge is 2.42. The highest BCUT2D eigenvalue weighted by atomic mass is 19.3. The fourth-order valence-electron chi connectivity index (χ4n) is 2.95. The van der Waals surface area contributed by atoms with Crippen LogP contribution in [0.1, 0.15) is 36.0 Å². The summed E-state index contributed by atoms with van der Waals surface area (Å²) in [6.07, 6.45) is 1.20. The lowest BCUT2D eigenvalue weighted by atomic mass is 9.90. The van der Waals surface area contributed by atoms with Crippen LogP contribution in [-0.4, -0.2) is 12.0 Å². The van der Waals surface area contributed by atoms with E-state index in [0.717, 1.165) is 0 Å². The lowest BCUT2D eigenvalue weighted by molar-refractivity contribution is 0.00331. The molecule has 4 heteroatoms. The van der Waals surface area contributed by atoms with E-state index in [9.17, 15) is 8.78 Å². The summed E-state index contributed by atoms with van der Waals surface area (Å²) in [5, 5.41) is 0. The first-order chi connectivity index (χ1) is 8.91. The minimum Gasteiger partial charge on any atom is -0.271 e. The van der Waals surface area contributed by atoms with Gasteiger partial charge in [-0.05, 0) is 43.7 Å². The third-order valence-electron chi connectivity index (χ3n) is 4.17. The van der Waals surface area contributed by atoms with Gasteiger partial charge in [-0.25, -0.2) is 8.78 Å². The van der Waals surface area contributed by atoms with Gasteiger partial charge in [-0.3, -0.25) is 11.3 Å². The van der Waals surface area contributed by atoms with Crippen molar-refractivity contribution >= 4 is 0 Å². The van der Waals surface area contributed by atoms with Crippen molar-refractivity contribution in [1.82, 2.24) is 5.43 Å². The molecule has 0 heterocycles. The molecule has 2 atom stereocenters. The summed E-state index contributed by atoms with van der Waals surface area (Å²) in [4.78, 5) is 0. The van der Waals surface area contributed by atoms with E-state index < -0.39 is 5.92 Å². The van der Waals surface area contributed by atoms with E-state index in [2.05, 4.69) is 23.6 Å². The summed E-state index contributed by atoms with van der Waals surface area (Å²) in [6, 6.07) is 6.18. The summed E-state index contributed by atoms with van der Waals surface area (Å²) in [6.45, 7) is 4.09. The molecule has 19 heavy (non-hydrogen) atoms. The average Bonchev–Trinajstić information content (AvgIpc) is 2.70. The zero-order valence-corrected chi connectivity index (χ0v) is 11.5. The van der Waals surface area contributed by atoms with Crippen molar-refractivity contribution in [2.45, 2.75) is 51.5 Å². The first-order valence-electron chi connectivity index (χ1n) is 6.81. The topological polar surface area (TPSA) is 38.0 Å². The lowest BCUT2D eigenvalue weighted by Crippen LogP contribution is -2.42. The van der Waals surface area contributed by atoms with Crippen molar-refractivity contribution in [1.29, 1.82) is 0 Å². The van der Waals surface area contributed by atoms with Gasteiger partial charge in [0.05, 0.1) is 0 Å². The SMILES string of the molecule is Cc1ccc(C)c(CC(NN)C2CCC(F)(F)C2)c1. The third kappa shape index (κ3) is 3.51. The number of benzene rings is 1. The normalized spacial score (nSPS) is 23.5. The molecule has 0 aliphatic heterocycles. The van der Waals surface area contributed by atoms with E-state index in [1.54, 1.807) is 0 Å².